The average molecular weight is 387 g/mol. The number of methoxy groups -OCH3 is 1. The van der Waals surface area contributed by atoms with Gasteiger partial charge in [0, 0.05) is 6.07 Å². The van der Waals surface area contributed by atoms with E-state index in [0.717, 1.165) is 6.07 Å². The topological polar surface area (TPSA) is 125 Å². The van der Waals surface area contributed by atoms with Gasteiger partial charge in [0.1, 0.15) is 11.1 Å². The molecule has 0 saturated heterocycles. The molecule has 1 aromatic rings. The number of nitrogens with one attached hydrogen (secondary N) is 1. The first-order chi connectivity index (χ1) is 12.1. The van der Waals surface area contributed by atoms with Gasteiger partial charge in [-0.15, -0.1) is 0 Å². The summed E-state index contributed by atoms with van der Waals surface area (Å²) >= 11 is 5.66. The highest BCUT2D eigenvalue weighted by Gasteiger charge is 2.23. The van der Waals surface area contributed by atoms with Crippen LogP contribution in [0.3, 0.4) is 0 Å². The van der Waals surface area contributed by atoms with E-state index < -0.39 is 41.1 Å². The maximum absolute atomic E-state index is 11.9. The van der Waals surface area contributed by atoms with Crippen LogP contribution in [0.25, 0.3) is 0 Å². The second-order valence-corrected chi connectivity index (χ2v) is 6.18. The number of amides is 1. The van der Waals surface area contributed by atoms with Gasteiger partial charge in [0.2, 0.25) is 0 Å². The van der Waals surface area contributed by atoms with E-state index in [0.29, 0.717) is 6.42 Å². The zero-order valence-electron chi connectivity index (χ0n) is 14.5. The molecule has 0 radical (unpaired) electrons. The van der Waals surface area contributed by atoms with Crippen molar-refractivity contribution < 1.29 is 28.8 Å². The van der Waals surface area contributed by atoms with Gasteiger partial charge in [-0.3, -0.25) is 14.9 Å². The molecule has 0 aliphatic carbocycles. The van der Waals surface area contributed by atoms with Crippen molar-refractivity contribution in [2.75, 3.05) is 13.7 Å². The van der Waals surface area contributed by atoms with Crippen molar-refractivity contribution in [1.82, 2.24) is 5.32 Å². The molecule has 0 spiro atoms. The van der Waals surface area contributed by atoms with Crippen LogP contribution in [-0.4, -0.2) is 42.5 Å². The highest BCUT2D eigenvalue weighted by atomic mass is 35.5. The van der Waals surface area contributed by atoms with Crippen molar-refractivity contribution in [1.29, 1.82) is 0 Å². The summed E-state index contributed by atoms with van der Waals surface area (Å²) in [6.07, 6.45) is 0.357. The first-order valence-corrected chi connectivity index (χ1v) is 8.01. The van der Waals surface area contributed by atoms with E-state index in [1.165, 1.54) is 19.2 Å². The Balaban J connectivity index is 2.68. The third-order valence-corrected chi connectivity index (χ3v) is 3.56. The minimum Gasteiger partial charge on any atom is -0.467 e. The fraction of sp³-hybridized carbons (Fsp3) is 0.438. The summed E-state index contributed by atoms with van der Waals surface area (Å²) in [5, 5.41) is 13.1. The number of hydrogen-bond donors (Lipinski definition) is 1. The van der Waals surface area contributed by atoms with Gasteiger partial charge in [0.05, 0.1) is 17.6 Å². The number of nitro groups is 1. The van der Waals surface area contributed by atoms with Crippen molar-refractivity contribution in [2.24, 2.45) is 5.92 Å². The van der Waals surface area contributed by atoms with Gasteiger partial charge in [-0.1, -0.05) is 25.4 Å². The lowest BCUT2D eigenvalue weighted by molar-refractivity contribution is -0.384. The molecule has 0 aliphatic heterocycles. The van der Waals surface area contributed by atoms with Gasteiger partial charge in [-0.25, -0.2) is 9.59 Å². The van der Waals surface area contributed by atoms with Gasteiger partial charge >= 0.3 is 11.9 Å². The normalized spacial score (nSPS) is 11.6. The molecule has 1 aromatic carbocycles. The number of hydrogen-bond acceptors (Lipinski definition) is 7. The summed E-state index contributed by atoms with van der Waals surface area (Å²) in [7, 11) is 1.20. The molecular weight excluding hydrogens is 368 g/mol. The molecule has 26 heavy (non-hydrogen) atoms. The fourth-order valence-electron chi connectivity index (χ4n) is 2.06. The molecule has 0 bridgehead atoms. The third kappa shape index (κ3) is 6.32. The Morgan fingerprint density at radius 1 is 1.31 bits per heavy atom. The quantitative estimate of drug-likeness (QED) is 0.412. The summed E-state index contributed by atoms with van der Waals surface area (Å²) in [5.74, 6) is -2.11. The minimum absolute atomic E-state index is 0.122. The summed E-state index contributed by atoms with van der Waals surface area (Å²) < 4.78 is 9.43. The van der Waals surface area contributed by atoms with E-state index in [4.69, 9.17) is 16.3 Å². The van der Waals surface area contributed by atoms with Crippen LogP contribution in [0.15, 0.2) is 18.2 Å². The molecule has 0 aromatic heterocycles. The molecule has 1 amide bonds. The second-order valence-electron chi connectivity index (χ2n) is 5.77. The first kappa shape index (κ1) is 21.4. The van der Waals surface area contributed by atoms with Crippen LogP contribution < -0.4 is 5.32 Å². The zero-order valence-corrected chi connectivity index (χ0v) is 15.2. The maximum Gasteiger partial charge on any atom is 0.338 e. The SMILES string of the molecule is COC(=O)[C@@H](CC(C)C)NC(=O)COC(=O)c1ccc(Cl)c([N+](=O)[O-])c1. The van der Waals surface area contributed by atoms with Crippen molar-refractivity contribution >= 4 is 35.1 Å². The Labute approximate surface area is 154 Å². The van der Waals surface area contributed by atoms with E-state index in [1.54, 1.807) is 0 Å². The second kappa shape index (κ2) is 9.71. The largest absolute Gasteiger partial charge is 0.467 e. The number of carbonyl (C=O) groups is 3. The Morgan fingerprint density at radius 2 is 1.96 bits per heavy atom. The number of rotatable bonds is 8. The number of nitrogens with zero attached hydrogens (tertiary/aromatic N) is 1. The van der Waals surface area contributed by atoms with Crippen LogP contribution in [0.2, 0.25) is 5.02 Å². The Kier molecular flexibility index (Phi) is 7.98. The molecule has 0 heterocycles. The molecule has 1 N–H and O–H groups in total. The number of esters is 2. The van der Waals surface area contributed by atoms with E-state index >= 15 is 0 Å². The predicted octanol–water partition coefficient (Wildman–Crippen LogP) is 2.11. The Hall–Kier alpha value is -2.68. The van der Waals surface area contributed by atoms with Crippen molar-refractivity contribution in [3.05, 3.63) is 38.9 Å². The lowest BCUT2D eigenvalue weighted by Crippen LogP contribution is -2.44. The molecule has 9 nitrogen and oxygen atoms in total. The summed E-state index contributed by atoms with van der Waals surface area (Å²) in [4.78, 5) is 45.6. The molecule has 10 heteroatoms. The maximum atomic E-state index is 11.9. The molecule has 0 aliphatic rings. The molecule has 0 fully saturated rings. The van der Waals surface area contributed by atoms with Crippen LogP contribution >= 0.6 is 11.6 Å². The van der Waals surface area contributed by atoms with Gasteiger partial charge < -0.3 is 14.8 Å². The highest BCUT2D eigenvalue weighted by molar-refractivity contribution is 6.32. The summed E-state index contributed by atoms with van der Waals surface area (Å²) in [6.45, 7) is 3.09. The first-order valence-electron chi connectivity index (χ1n) is 7.64. The number of nitro benzene ring substituents is 1. The number of carbonyl (C=O) groups excluding carboxylic acids is 3. The van der Waals surface area contributed by atoms with Crippen LogP contribution in [0.5, 0.6) is 0 Å². The Morgan fingerprint density at radius 3 is 2.50 bits per heavy atom. The molecule has 0 saturated carbocycles. The minimum atomic E-state index is -0.932. The van der Waals surface area contributed by atoms with Gasteiger partial charge in [0.25, 0.3) is 11.6 Å². The van der Waals surface area contributed by atoms with Gasteiger partial charge in [0.15, 0.2) is 6.61 Å². The van der Waals surface area contributed by atoms with E-state index in [2.05, 4.69) is 10.1 Å². The molecule has 0 unspecified atom stereocenters. The number of ether oxygens (including phenoxy) is 2. The van der Waals surface area contributed by atoms with Crippen LogP contribution in [0, 0.1) is 16.0 Å². The lowest BCUT2D eigenvalue weighted by atomic mass is 10.0. The zero-order chi connectivity index (χ0) is 19.9. The van der Waals surface area contributed by atoms with Crippen LogP contribution in [-0.2, 0) is 19.1 Å². The smallest absolute Gasteiger partial charge is 0.338 e. The van der Waals surface area contributed by atoms with E-state index in [-0.39, 0.29) is 16.5 Å². The molecule has 1 rings (SSSR count). The summed E-state index contributed by atoms with van der Waals surface area (Å²) in [6, 6.07) is 2.53. The fourth-order valence-corrected chi connectivity index (χ4v) is 2.24. The van der Waals surface area contributed by atoms with Crippen molar-refractivity contribution in [3.8, 4) is 0 Å². The van der Waals surface area contributed by atoms with Gasteiger partial charge in [-0.05, 0) is 24.5 Å². The van der Waals surface area contributed by atoms with E-state index in [1.807, 2.05) is 13.8 Å². The molecule has 1 atom stereocenters. The molecule has 142 valence electrons. The average Bonchev–Trinajstić information content (AvgIpc) is 2.58. The summed E-state index contributed by atoms with van der Waals surface area (Å²) in [5.41, 5.74) is -0.575. The van der Waals surface area contributed by atoms with E-state index in [9.17, 15) is 24.5 Å². The van der Waals surface area contributed by atoms with Crippen LogP contribution in [0.1, 0.15) is 30.6 Å². The monoisotopic (exact) mass is 386 g/mol. The predicted molar refractivity (Wildman–Crippen MR) is 91.8 cm³/mol. The number of benzene rings is 1. The van der Waals surface area contributed by atoms with Crippen molar-refractivity contribution in [3.63, 3.8) is 0 Å². The van der Waals surface area contributed by atoms with Gasteiger partial charge in [-0.2, -0.15) is 0 Å². The molecular formula is C16H19ClN2O7. The van der Waals surface area contributed by atoms with Crippen molar-refractivity contribution in [2.45, 2.75) is 26.3 Å². The lowest BCUT2D eigenvalue weighted by Gasteiger charge is -2.18. The highest BCUT2D eigenvalue weighted by Crippen LogP contribution is 2.25. The third-order valence-electron chi connectivity index (χ3n) is 3.24. The van der Waals surface area contributed by atoms with Crippen LogP contribution in [0.4, 0.5) is 5.69 Å². The standard InChI is InChI=1S/C16H19ClN2O7/c1-9(2)6-12(16(22)25-3)18-14(20)8-26-15(21)10-4-5-11(17)13(7-10)19(23)24/h4-5,7,9,12H,6,8H2,1-3H3,(H,18,20)/t12-/m1/s1. The number of halogens is 1. The Bertz CT molecular complexity index is 706.